The van der Waals surface area contributed by atoms with E-state index in [0.29, 0.717) is 13.1 Å². The largest absolute Gasteiger partial charge is 0.378 e. The highest BCUT2D eigenvalue weighted by Gasteiger charge is 2.24. The van der Waals surface area contributed by atoms with Crippen LogP contribution in [-0.2, 0) is 4.74 Å². The molecule has 2 aliphatic heterocycles. The molecule has 2 aromatic heterocycles. The van der Waals surface area contributed by atoms with Crippen LogP contribution in [-0.4, -0.2) is 73.3 Å². The van der Waals surface area contributed by atoms with Crippen LogP contribution in [0.4, 0.5) is 11.6 Å². The molecule has 0 saturated carbocycles. The molecule has 4 heterocycles. The summed E-state index contributed by atoms with van der Waals surface area (Å²) in [6.07, 6.45) is 1.63. The standard InChI is InChI=1S/C18H23N5O2S/c1-14-11-26-12-15(14)18(24)23-4-2-21(3-5-23)16-10-17(20-13-19-16)22-6-8-25-9-7-22/h10-13H,2-9H2,1H3. The number of carbonyl (C=O) groups excluding carboxylic acids is 1. The van der Waals surface area contributed by atoms with Crippen LogP contribution in [0, 0.1) is 6.92 Å². The molecule has 0 aromatic carbocycles. The number of anilines is 2. The number of hydrogen-bond donors (Lipinski definition) is 0. The van der Waals surface area contributed by atoms with Crippen molar-refractivity contribution in [1.82, 2.24) is 14.9 Å². The first kappa shape index (κ1) is 17.2. The van der Waals surface area contributed by atoms with E-state index in [0.717, 1.165) is 62.2 Å². The van der Waals surface area contributed by atoms with Gasteiger partial charge in [-0.2, -0.15) is 11.3 Å². The molecule has 2 aliphatic rings. The van der Waals surface area contributed by atoms with Crippen LogP contribution in [0.25, 0.3) is 0 Å². The van der Waals surface area contributed by atoms with Gasteiger partial charge in [0.05, 0.1) is 18.8 Å². The van der Waals surface area contributed by atoms with Gasteiger partial charge in [-0.25, -0.2) is 9.97 Å². The SMILES string of the molecule is Cc1cscc1C(=O)N1CCN(c2cc(N3CCOCC3)ncn2)CC1. The molecule has 4 rings (SSSR count). The van der Waals surface area contributed by atoms with E-state index in [4.69, 9.17) is 4.74 Å². The van der Waals surface area contributed by atoms with Gasteiger partial charge in [0.25, 0.3) is 5.91 Å². The van der Waals surface area contributed by atoms with Gasteiger partial charge in [0.2, 0.25) is 0 Å². The van der Waals surface area contributed by atoms with Crippen LogP contribution in [0.2, 0.25) is 0 Å². The zero-order valence-electron chi connectivity index (χ0n) is 14.9. The quantitative estimate of drug-likeness (QED) is 0.815. The summed E-state index contributed by atoms with van der Waals surface area (Å²) in [5.74, 6) is 2.02. The van der Waals surface area contributed by atoms with Crippen molar-refractivity contribution in [2.75, 3.05) is 62.3 Å². The molecule has 0 N–H and O–H groups in total. The predicted molar refractivity (Wildman–Crippen MR) is 102 cm³/mol. The third-order valence-electron chi connectivity index (χ3n) is 4.95. The Morgan fingerprint density at radius 2 is 1.65 bits per heavy atom. The lowest BCUT2D eigenvalue weighted by Gasteiger charge is -2.36. The van der Waals surface area contributed by atoms with Gasteiger partial charge >= 0.3 is 0 Å². The Morgan fingerprint density at radius 3 is 2.27 bits per heavy atom. The van der Waals surface area contributed by atoms with E-state index >= 15 is 0 Å². The summed E-state index contributed by atoms with van der Waals surface area (Å²) in [6, 6.07) is 2.05. The van der Waals surface area contributed by atoms with Crippen LogP contribution < -0.4 is 9.80 Å². The van der Waals surface area contributed by atoms with E-state index < -0.39 is 0 Å². The van der Waals surface area contributed by atoms with Crippen LogP contribution in [0.3, 0.4) is 0 Å². The zero-order chi connectivity index (χ0) is 17.9. The maximum Gasteiger partial charge on any atom is 0.255 e. The van der Waals surface area contributed by atoms with Gasteiger partial charge in [-0.15, -0.1) is 0 Å². The Balaban J connectivity index is 1.40. The number of aryl methyl sites for hydroxylation is 1. The Kier molecular flexibility index (Phi) is 5.03. The van der Waals surface area contributed by atoms with Gasteiger partial charge in [-0.1, -0.05) is 0 Å². The third kappa shape index (κ3) is 3.52. The van der Waals surface area contributed by atoms with Gasteiger partial charge in [0.15, 0.2) is 0 Å². The fourth-order valence-corrected chi connectivity index (χ4v) is 4.19. The molecular weight excluding hydrogens is 350 g/mol. The lowest BCUT2D eigenvalue weighted by atomic mass is 10.2. The van der Waals surface area contributed by atoms with Gasteiger partial charge < -0.3 is 19.4 Å². The molecule has 0 aliphatic carbocycles. The first-order chi connectivity index (χ1) is 12.7. The first-order valence-electron chi connectivity index (χ1n) is 8.94. The number of piperazine rings is 1. The summed E-state index contributed by atoms with van der Waals surface area (Å²) in [5.41, 5.74) is 1.90. The second kappa shape index (κ2) is 7.59. The van der Waals surface area contributed by atoms with Crippen LogP contribution in [0.1, 0.15) is 15.9 Å². The molecule has 138 valence electrons. The van der Waals surface area contributed by atoms with Crippen molar-refractivity contribution in [3.05, 3.63) is 34.3 Å². The summed E-state index contributed by atoms with van der Waals surface area (Å²) >= 11 is 1.58. The molecule has 2 fully saturated rings. The van der Waals surface area contributed by atoms with Gasteiger partial charge in [-0.3, -0.25) is 4.79 Å². The maximum atomic E-state index is 12.7. The topological polar surface area (TPSA) is 61.8 Å². The van der Waals surface area contributed by atoms with Crippen molar-refractivity contribution in [3.8, 4) is 0 Å². The van der Waals surface area contributed by atoms with Gasteiger partial charge in [0.1, 0.15) is 18.0 Å². The predicted octanol–water partition coefficient (Wildman–Crippen LogP) is 1.65. The molecule has 2 aromatic rings. The van der Waals surface area contributed by atoms with Gasteiger partial charge in [0, 0.05) is 50.7 Å². The number of carbonyl (C=O) groups is 1. The number of rotatable bonds is 3. The summed E-state index contributed by atoms with van der Waals surface area (Å²) in [4.78, 5) is 27.9. The number of aromatic nitrogens is 2. The summed E-state index contributed by atoms with van der Waals surface area (Å²) in [6.45, 7) is 8.19. The van der Waals surface area contributed by atoms with Crippen LogP contribution in [0.5, 0.6) is 0 Å². The molecule has 0 bridgehead atoms. The van der Waals surface area contributed by atoms with Crippen molar-refractivity contribution < 1.29 is 9.53 Å². The number of ether oxygens (including phenoxy) is 1. The minimum absolute atomic E-state index is 0.139. The smallest absolute Gasteiger partial charge is 0.255 e. The Hall–Kier alpha value is -2.19. The first-order valence-corrected chi connectivity index (χ1v) is 9.88. The minimum Gasteiger partial charge on any atom is -0.378 e. The molecule has 26 heavy (non-hydrogen) atoms. The average Bonchev–Trinajstić information content (AvgIpc) is 3.14. The Morgan fingerprint density at radius 1 is 1.00 bits per heavy atom. The molecule has 0 atom stereocenters. The third-order valence-corrected chi connectivity index (χ3v) is 5.81. The lowest BCUT2D eigenvalue weighted by Crippen LogP contribution is -2.49. The second-order valence-electron chi connectivity index (χ2n) is 6.58. The number of amides is 1. The van der Waals surface area contributed by atoms with E-state index in [-0.39, 0.29) is 5.91 Å². The Labute approximate surface area is 157 Å². The molecule has 0 unspecified atom stereocenters. The summed E-state index contributed by atoms with van der Waals surface area (Å²) in [7, 11) is 0. The van der Waals surface area contributed by atoms with Crippen molar-refractivity contribution >= 4 is 28.9 Å². The maximum absolute atomic E-state index is 12.7. The van der Waals surface area contributed by atoms with E-state index in [1.807, 2.05) is 28.7 Å². The molecule has 0 radical (unpaired) electrons. The molecule has 1 amide bonds. The van der Waals surface area contributed by atoms with Crippen molar-refractivity contribution in [1.29, 1.82) is 0 Å². The minimum atomic E-state index is 0.139. The van der Waals surface area contributed by atoms with Crippen molar-refractivity contribution in [3.63, 3.8) is 0 Å². The van der Waals surface area contributed by atoms with E-state index in [9.17, 15) is 4.79 Å². The highest BCUT2D eigenvalue weighted by Crippen LogP contribution is 2.21. The van der Waals surface area contributed by atoms with Gasteiger partial charge in [-0.05, 0) is 17.9 Å². The van der Waals surface area contributed by atoms with Crippen molar-refractivity contribution in [2.24, 2.45) is 0 Å². The monoisotopic (exact) mass is 373 g/mol. The van der Waals surface area contributed by atoms with Crippen molar-refractivity contribution in [2.45, 2.75) is 6.92 Å². The highest BCUT2D eigenvalue weighted by molar-refractivity contribution is 7.08. The number of hydrogen-bond acceptors (Lipinski definition) is 7. The average molecular weight is 373 g/mol. The second-order valence-corrected chi connectivity index (χ2v) is 7.33. The summed E-state index contributed by atoms with van der Waals surface area (Å²) < 4.78 is 5.41. The number of morpholine rings is 1. The fourth-order valence-electron chi connectivity index (χ4n) is 3.36. The van der Waals surface area contributed by atoms with Crippen LogP contribution >= 0.6 is 11.3 Å². The van der Waals surface area contributed by atoms with E-state index in [1.165, 1.54) is 0 Å². The fraction of sp³-hybridized carbons (Fsp3) is 0.500. The number of thiophene rings is 1. The van der Waals surface area contributed by atoms with Crippen LogP contribution in [0.15, 0.2) is 23.2 Å². The zero-order valence-corrected chi connectivity index (χ0v) is 15.7. The van der Waals surface area contributed by atoms with E-state index in [2.05, 4.69) is 19.8 Å². The normalized spacial score (nSPS) is 18.3. The summed E-state index contributed by atoms with van der Waals surface area (Å²) in [5, 5.41) is 3.97. The van der Waals surface area contributed by atoms with E-state index in [1.54, 1.807) is 17.7 Å². The molecule has 2 saturated heterocycles. The highest BCUT2D eigenvalue weighted by atomic mass is 32.1. The molecule has 0 spiro atoms. The lowest BCUT2D eigenvalue weighted by molar-refractivity contribution is 0.0746. The Bertz CT molecular complexity index is 766. The molecule has 8 heteroatoms. The molecule has 7 nitrogen and oxygen atoms in total. The number of nitrogens with zero attached hydrogens (tertiary/aromatic N) is 5. The molecular formula is C18H23N5O2S.